The van der Waals surface area contributed by atoms with Crippen LogP contribution in [0.3, 0.4) is 0 Å². The molecule has 4 fully saturated rings. The minimum Gasteiger partial charge on any atom is -0.393 e. The molecule has 0 aromatic rings. The van der Waals surface area contributed by atoms with Gasteiger partial charge in [-0.25, -0.2) is 0 Å². The molecule has 0 bridgehead atoms. The van der Waals surface area contributed by atoms with Crippen molar-refractivity contribution in [2.45, 2.75) is 125 Å². The van der Waals surface area contributed by atoms with E-state index in [9.17, 15) is 10.2 Å². The van der Waals surface area contributed by atoms with E-state index in [1.165, 1.54) is 32.1 Å². The minimum atomic E-state index is -0.198. The molecule has 4 saturated carbocycles. The van der Waals surface area contributed by atoms with E-state index in [0.717, 1.165) is 25.7 Å². The third kappa shape index (κ3) is 2.72. The molecule has 0 heterocycles. The number of hydrogen-bond acceptors (Lipinski definition) is 2. The van der Waals surface area contributed by atoms with Gasteiger partial charge < -0.3 is 10.2 Å². The van der Waals surface area contributed by atoms with Crippen LogP contribution < -0.4 is 0 Å². The van der Waals surface area contributed by atoms with Crippen LogP contribution in [-0.4, -0.2) is 22.4 Å². The van der Waals surface area contributed by atoms with Crippen molar-refractivity contribution in [3.05, 3.63) is 11.6 Å². The van der Waals surface area contributed by atoms with Crippen LogP contribution in [0.25, 0.3) is 0 Å². The van der Waals surface area contributed by atoms with Gasteiger partial charge in [0.2, 0.25) is 0 Å². The summed E-state index contributed by atoms with van der Waals surface area (Å²) in [5, 5.41) is 22.6. The van der Waals surface area contributed by atoms with Crippen LogP contribution in [0, 0.1) is 50.2 Å². The van der Waals surface area contributed by atoms with Crippen LogP contribution in [0.1, 0.15) is 113 Å². The Balaban J connectivity index is 1.60. The van der Waals surface area contributed by atoms with Crippen LogP contribution >= 0.6 is 0 Å². The molecule has 0 amide bonds. The van der Waals surface area contributed by atoms with Gasteiger partial charge in [-0.2, -0.15) is 0 Å². The van der Waals surface area contributed by atoms with Crippen LogP contribution in [0.4, 0.5) is 0 Å². The average molecular weight is 443 g/mol. The third-order valence-electron chi connectivity index (χ3n) is 13.1. The fourth-order valence-electron chi connectivity index (χ4n) is 10.6. The number of allylic oxidation sites excluding steroid dienone is 2. The highest BCUT2D eigenvalue weighted by atomic mass is 16.3. The lowest BCUT2D eigenvalue weighted by Crippen LogP contribution is -2.66. The number of hydrogen-bond donors (Lipinski definition) is 2. The Bertz CT molecular complexity index is 825. The molecule has 2 nitrogen and oxygen atoms in total. The van der Waals surface area contributed by atoms with Gasteiger partial charge >= 0.3 is 0 Å². The maximum atomic E-state index is 11.7. The van der Waals surface area contributed by atoms with E-state index < -0.39 is 0 Å². The van der Waals surface area contributed by atoms with E-state index in [1.807, 2.05) is 0 Å². The Morgan fingerprint density at radius 1 is 0.719 bits per heavy atom. The summed E-state index contributed by atoms with van der Waals surface area (Å²) in [6, 6.07) is 0. The molecule has 0 radical (unpaired) electrons. The summed E-state index contributed by atoms with van der Waals surface area (Å²) in [5.41, 5.74) is 2.71. The van der Waals surface area contributed by atoms with Crippen LogP contribution in [-0.2, 0) is 0 Å². The molecule has 2 heteroatoms. The molecular formula is C30H50O2. The topological polar surface area (TPSA) is 40.5 Å². The third-order valence-corrected chi connectivity index (χ3v) is 13.1. The molecule has 5 aliphatic carbocycles. The molecule has 9 atom stereocenters. The molecule has 5 aliphatic rings. The van der Waals surface area contributed by atoms with Crippen molar-refractivity contribution >= 4 is 0 Å². The lowest BCUT2D eigenvalue weighted by atomic mass is 9.33. The Morgan fingerprint density at radius 2 is 1.41 bits per heavy atom. The van der Waals surface area contributed by atoms with Gasteiger partial charge in [0.25, 0.3) is 0 Å². The van der Waals surface area contributed by atoms with E-state index in [1.54, 1.807) is 5.57 Å². The molecule has 0 saturated heterocycles. The number of rotatable bonds is 0. The largest absolute Gasteiger partial charge is 0.393 e. The Kier molecular flexibility index (Phi) is 4.87. The lowest BCUT2D eigenvalue weighted by molar-refractivity contribution is -0.213. The fourth-order valence-corrected chi connectivity index (χ4v) is 10.6. The van der Waals surface area contributed by atoms with Gasteiger partial charge in [0.05, 0.1) is 12.2 Å². The minimum absolute atomic E-state index is 0.00271. The Morgan fingerprint density at radius 3 is 2.09 bits per heavy atom. The first kappa shape index (κ1) is 23.4. The van der Waals surface area contributed by atoms with Crippen molar-refractivity contribution in [1.29, 1.82) is 0 Å². The normalized spacial score (nSPS) is 56.2. The molecule has 0 aliphatic heterocycles. The highest BCUT2D eigenvalue weighted by Crippen LogP contribution is 2.75. The quantitative estimate of drug-likeness (QED) is 0.391. The van der Waals surface area contributed by atoms with Gasteiger partial charge in [-0.15, -0.1) is 0 Å². The summed E-state index contributed by atoms with van der Waals surface area (Å²) < 4.78 is 0. The molecule has 2 N–H and O–H groups in total. The second kappa shape index (κ2) is 6.66. The molecule has 0 aromatic heterocycles. The van der Waals surface area contributed by atoms with Crippen molar-refractivity contribution in [2.75, 3.05) is 0 Å². The van der Waals surface area contributed by atoms with Crippen LogP contribution in [0.15, 0.2) is 11.6 Å². The molecule has 0 unspecified atom stereocenters. The van der Waals surface area contributed by atoms with Crippen molar-refractivity contribution in [3.8, 4) is 0 Å². The van der Waals surface area contributed by atoms with E-state index in [0.29, 0.717) is 23.2 Å². The van der Waals surface area contributed by atoms with Crippen LogP contribution in [0.5, 0.6) is 0 Å². The molecule has 32 heavy (non-hydrogen) atoms. The highest BCUT2D eigenvalue weighted by molar-refractivity contribution is 5.34. The van der Waals surface area contributed by atoms with Gasteiger partial charge in [0.15, 0.2) is 0 Å². The zero-order valence-corrected chi connectivity index (χ0v) is 22.2. The zero-order valence-electron chi connectivity index (χ0n) is 22.2. The Hall–Kier alpha value is -0.340. The maximum Gasteiger partial charge on any atom is 0.0608 e. The smallest absolute Gasteiger partial charge is 0.0608 e. The highest BCUT2D eigenvalue weighted by Gasteiger charge is 2.69. The van der Waals surface area contributed by atoms with Crippen molar-refractivity contribution in [2.24, 2.45) is 50.2 Å². The second-order valence-electron chi connectivity index (χ2n) is 15.3. The monoisotopic (exact) mass is 442 g/mol. The van der Waals surface area contributed by atoms with E-state index in [-0.39, 0.29) is 39.3 Å². The summed E-state index contributed by atoms with van der Waals surface area (Å²) in [6.45, 7) is 19.7. The lowest BCUT2D eigenvalue weighted by Gasteiger charge is -2.72. The van der Waals surface area contributed by atoms with Gasteiger partial charge in [-0.05, 0) is 103 Å². The molecule has 0 aromatic carbocycles. The predicted octanol–water partition coefficient (Wildman–Crippen LogP) is 7.14. The van der Waals surface area contributed by atoms with Crippen molar-refractivity contribution in [3.63, 3.8) is 0 Å². The van der Waals surface area contributed by atoms with E-state index >= 15 is 0 Å². The van der Waals surface area contributed by atoms with Crippen molar-refractivity contribution in [1.82, 2.24) is 0 Å². The predicted molar refractivity (Wildman–Crippen MR) is 132 cm³/mol. The second-order valence-corrected chi connectivity index (χ2v) is 15.3. The van der Waals surface area contributed by atoms with Crippen LogP contribution in [0.2, 0.25) is 0 Å². The van der Waals surface area contributed by atoms with Gasteiger partial charge in [0, 0.05) is 5.41 Å². The zero-order chi connectivity index (χ0) is 23.5. The number of aliphatic hydroxyl groups excluding tert-OH is 2. The first-order chi connectivity index (χ1) is 14.6. The summed E-state index contributed by atoms with van der Waals surface area (Å²) in [4.78, 5) is 0. The molecule has 5 rings (SSSR count). The summed E-state index contributed by atoms with van der Waals surface area (Å²) in [7, 11) is 0. The van der Waals surface area contributed by atoms with Crippen molar-refractivity contribution < 1.29 is 10.2 Å². The van der Waals surface area contributed by atoms with Gasteiger partial charge in [0.1, 0.15) is 0 Å². The Labute approximate surface area is 197 Å². The summed E-state index contributed by atoms with van der Waals surface area (Å²) in [6.07, 6.45) is 12.6. The SMILES string of the molecule is CC1(C)CC[C@]2(C)[C@@H](O)C[C@]3(C)C(=CC[C@@H]4[C@@]5(C)CC[C@H](O)C(C)(C)[C@@H]5CC[C@]43C)[C@@H]2C1. The standard InChI is InChI=1S/C30H50O2/c1-25(2)15-16-27(5)20(17-25)19-9-10-22-28(6)13-12-23(31)26(3,4)21(28)11-14-29(22,7)30(19,8)18-24(27)32/h9,20-24,31-32H,10-18H2,1-8H3/t20-,21-,22+,23-,24-,27-,28-,29+,30+/m0/s1. The maximum absolute atomic E-state index is 11.7. The van der Waals surface area contributed by atoms with Gasteiger partial charge in [-0.3, -0.25) is 0 Å². The average Bonchev–Trinajstić information content (AvgIpc) is 2.68. The molecule has 0 spiro atoms. The van der Waals surface area contributed by atoms with E-state index in [2.05, 4.69) is 61.5 Å². The van der Waals surface area contributed by atoms with Gasteiger partial charge in [-0.1, -0.05) is 67.0 Å². The van der Waals surface area contributed by atoms with E-state index in [4.69, 9.17) is 0 Å². The molecule has 182 valence electrons. The first-order valence-electron chi connectivity index (χ1n) is 13.7. The molecular weight excluding hydrogens is 392 g/mol. The summed E-state index contributed by atoms with van der Waals surface area (Å²) in [5.74, 6) is 1.75. The first-order valence-corrected chi connectivity index (χ1v) is 13.7. The summed E-state index contributed by atoms with van der Waals surface area (Å²) >= 11 is 0. The number of aliphatic hydroxyl groups is 2. The number of fused-ring (bicyclic) bond motifs is 7. The fraction of sp³-hybridized carbons (Fsp3) is 0.933.